The second-order valence-electron chi connectivity index (χ2n) is 6.54. The van der Waals surface area contributed by atoms with Gasteiger partial charge in [0.05, 0.1) is 13.1 Å². The average Bonchev–Trinajstić information content (AvgIpc) is 3.06. The molecule has 6 nitrogen and oxygen atoms in total. The molecule has 1 aliphatic rings. The first-order valence-electron chi connectivity index (χ1n) is 8.91. The molecule has 2 aromatic carbocycles. The zero-order valence-electron chi connectivity index (χ0n) is 15.0. The number of aromatic nitrogens is 2. The van der Waals surface area contributed by atoms with Crippen molar-refractivity contribution in [1.82, 2.24) is 14.5 Å². The third kappa shape index (κ3) is 3.46. The highest BCUT2D eigenvalue weighted by Crippen LogP contribution is 2.33. The molecule has 0 atom stereocenters. The molecule has 0 saturated carbocycles. The first-order chi connectivity index (χ1) is 13.5. The van der Waals surface area contributed by atoms with E-state index in [0.29, 0.717) is 48.2 Å². The Balaban J connectivity index is 1.77. The molecule has 0 bridgehead atoms. The van der Waals surface area contributed by atoms with Gasteiger partial charge in [0.25, 0.3) is 0 Å². The molecule has 0 fully saturated rings. The van der Waals surface area contributed by atoms with Crippen molar-refractivity contribution < 1.29 is 13.6 Å². The van der Waals surface area contributed by atoms with Crippen LogP contribution in [0.5, 0.6) is 0 Å². The summed E-state index contributed by atoms with van der Waals surface area (Å²) in [5, 5.41) is 3.27. The van der Waals surface area contributed by atoms with Gasteiger partial charge in [0.2, 0.25) is 5.91 Å². The number of nitrogens with zero attached hydrogens (tertiary/aromatic N) is 3. The van der Waals surface area contributed by atoms with Gasteiger partial charge >= 0.3 is 0 Å². The fourth-order valence-electron chi connectivity index (χ4n) is 3.31. The minimum Gasteiger partial charge on any atom is -0.340 e. The summed E-state index contributed by atoms with van der Waals surface area (Å²) in [5.74, 6) is 0.511. The number of fused-ring (bicyclic) bond motifs is 1. The standard InChI is InChI=1S/C20H19F2N5O/c21-14-4-6-16(7-5-14)24-20-19(13-2-1-3-15(22)10-13)25-17-12-26(18(28)11-23)8-9-27(17)20/h1-7,10,24H,8-9,11-12,23H2. The van der Waals surface area contributed by atoms with Gasteiger partial charge in [0.15, 0.2) is 0 Å². The normalized spacial score (nSPS) is 13.3. The summed E-state index contributed by atoms with van der Waals surface area (Å²) in [7, 11) is 0. The van der Waals surface area contributed by atoms with Gasteiger partial charge < -0.3 is 20.5 Å². The molecule has 1 amide bonds. The first-order valence-corrected chi connectivity index (χ1v) is 8.91. The Morgan fingerprint density at radius 3 is 2.61 bits per heavy atom. The number of carbonyl (C=O) groups excluding carboxylic acids is 1. The van der Waals surface area contributed by atoms with Crippen molar-refractivity contribution in [3.63, 3.8) is 0 Å². The predicted octanol–water partition coefficient (Wildman–Crippen LogP) is 2.87. The lowest BCUT2D eigenvalue weighted by Gasteiger charge is -2.28. The lowest BCUT2D eigenvalue weighted by atomic mass is 10.1. The van der Waals surface area contributed by atoms with E-state index in [1.54, 1.807) is 29.2 Å². The molecule has 4 rings (SSSR count). The van der Waals surface area contributed by atoms with Crippen LogP contribution in [-0.4, -0.2) is 33.4 Å². The molecule has 8 heteroatoms. The van der Waals surface area contributed by atoms with Crippen molar-refractivity contribution in [2.75, 3.05) is 18.4 Å². The number of hydrogen-bond acceptors (Lipinski definition) is 4. The van der Waals surface area contributed by atoms with Gasteiger partial charge in [-0.25, -0.2) is 13.8 Å². The summed E-state index contributed by atoms with van der Waals surface area (Å²) in [4.78, 5) is 18.3. The quantitative estimate of drug-likeness (QED) is 0.726. The van der Waals surface area contributed by atoms with Crippen LogP contribution < -0.4 is 11.1 Å². The third-order valence-corrected chi connectivity index (χ3v) is 4.70. The molecule has 2 heterocycles. The van der Waals surface area contributed by atoms with Crippen molar-refractivity contribution in [2.24, 2.45) is 5.73 Å². The number of hydrogen-bond donors (Lipinski definition) is 2. The number of anilines is 2. The van der Waals surface area contributed by atoms with Crippen molar-refractivity contribution in [3.05, 3.63) is 66.0 Å². The van der Waals surface area contributed by atoms with Gasteiger partial charge in [-0.2, -0.15) is 0 Å². The van der Waals surface area contributed by atoms with Crippen LogP contribution in [0.3, 0.4) is 0 Å². The van der Waals surface area contributed by atoms with E-state index in [4.69, 9.17) is 5.73 Å². The Kier molecular flexibility index (Phi) is 4.79. The molecular formula is C20H19F2N5O. The minimum absolute atomic E-state index is 0.0574. The number of halogens is 2. The average molecular weight is 383 g/mol. The van der Waals surface area contributed by atoms with Crippen molar-refractivity contribution in [1.29, 1.82) is 0 Å². The Labute approximate surface area is 160 Å². The van der Waals surface area contributed by atoms with E-state index < -0.39 is 0 Å². The van der Waals surface area contributed by atoms with Crippen LogP contribution in [0, 0.1) is 11.6 Å². The van der Waals surface area contributed by atoms with Crippen molar-refractivity contribution >= 4 is 17.4 Å². The molecule has 3 N–H and O–H groups in total. The fraction of sp³-hybridized carbons (Fsp3) is 0.200. The number of imidazole rings is 1. The highest BCUT2D eigenvalue weighted by Gasteiger charge is 2.26. The second-order valence-corrected chi connectivity index (χ2v) is 6.54. The van der Waals surface area contributed by atoms with E-state index in [0.717, 1.165) is 0 Å². The van der Waals surface area contributed by atoms with Crippen LogP contribution in [0.4, 0.5) is 20.3 Å². The summed E-state index contributed by atoms with van der Waals surface area (Å²) >= 11 is 0. The second kappa shape index (κ2) is 7.40. The monoisotopic (exact) mass is 383 g/mol. The van der Waals surface area contributed by atoms with Gasteiger partial charge in [-0.1, -0.05) is 12.1 Å². The summed E-state index contributed by atoms with van der Waals surface area (Å²) < 4.78 is 29.0. The molecule has 28 heavy (non-hydrogen) atoms. The lowest BCUT2D eigenvalue weighted by Crippen LogP contribution is -2.41. The highest BCUT2D eigenvalue weighted by molar-refractivity contribution is 5.79. The highest BCUT2D eigenvalue weighted by atomic mass is 19.1. The number of nitrogens with two attached hydrogens (primary N) is 1. The van der Waals surface area contributed by atoms with Gasteiger partial charge in [-0.15, -0.1) is 0 Å². The largest absolute Gasteiger partial charge is 0.340 e. The maximum Gasteiger partial charge on any atom is 0.236 e. The van der Waals surface area contributed by atoms with E-state index in [1.807, 2.05) is 4.57 Å². The lowest BCUT2D eigenvalue weighted by molar-refractivity contribution is -0.131. The first kappa shape index (κ1) is 18.1. The maximum absolute atomic E-state index is 13.8. The molecule has 144 valence electrons. The number of amides is 1. The summed E-state index contributed by atoms with van der Waals surface area (Å²) in [6.45, 7) is 1.29. The zero-order chi connectivity index (χ0) is 19.7. The molecule has 0 saturated heterocycles. The van der Waals surface area contributed by atoms with E-state index in [2.05, 4.69) is 10.3 Å². The van der Waals surface area contributed by atoms with Crippen LogP contribution in [0.2, 0.25) is 0 Å². The van der Waals surface area contributed by atoms with Gasteiger partial charge in [0.1, 0.15) is 29.0 Å². The number of rotatable bonds is 4. The molecule has 0 unspecified atom stereocenters. The van der Waals surface area contributed by atoms with Crippen LogP contribution >= 0.6 is 0 Å². The minimum atomic E-state index is -0.365. The van der Waals surface area contributed by atoms with Crippen LogP contribution in [0.25, 0.3) is 11.3 Å². The Morgan fingerprint density at radius 1 is 1.11 bits per heavy atom. The topological polar surface area (TPSA) is 76.2 Å². The number of carbonyl (C=O) groups is 1. The van der Waals surface area contributed by atoms with Crippen molar-refractivity contribution in [3.8, 4) is 11.3 Å². The predicted molar refractivity (Wildman–Crippen MR) is 102 cm³/mol. The molecule has 1 aromatic heterocycles. The van der Waals surface area contributed by atoms with Crippen LogP contribution in [-0.2, 0) is 17.9 Å². The number of nitrogens with one attached hydrogen (secondary N) is 1. The van der Waals surface area contributed by atoms with Crippen LogP contribution in [0.15, 0.2) is 48.5 Å². The van der Waals surface area contributed by atoms with E-state index in [1.165, 1.54) is 24.3 Å². The fourth-order valence-corrected chi connectivity index (χ4v) is 3.31. The van der Waals surface area contributed by atoms with E-state index in [9.17, 15) is 13.6 Å². The Bertz CT molecular complexity index is 1020. The molecular weight excluding hydrogens is 364 g/mol. The SMILES string of the molecule is NCC(=O)N1CCn2c(nc(-c3cccc(F)c3)c2Nc2ccc(F)cc2)C1. The summed E-state index contributed by atoms with van der Waals surface area (Å²) in [5.41, 5.74) is 7.34. The molecule has 0 aliphatic carbocycles. The zero-order valence-corrected chi connectivity index (χ0v) is 15.0. The molecule has 0 spiro atoms. The van der Waals surface area contributed by atoms with Crippen molar-refractivity contribution in [2.45, 2.75) is 13.1 Å². The smallest absolute Gasteiger partial charge is 0.236 e. The third-order valence-electron chi connectivity index (χ3n) is 4.70. The molecule has 1 aliphatic heterocycles. The van der Waals surface area contributed by atoms with Gasteiger partial charge in [-0.3, -0.25) is 4.79 Å². The van der Waals surface area contributed by atoms with Crippen LogP contribution in [0.1, 0.15) is 5.82 Å². The van der Waals surface area contributed by atoms with E-state index in [-0.39, 0.29) is 24.1 Å². The van der Waals surface area contributed by atoms with E-state index >= 15 is 0 Å². The summed E-state index contributed by atoms with van der Waals surface area (Å²) in [6, 6.07) is 12.1. The van der Waals surface area contributed by atoms with Gasteiger partial charge in [0, 0.05) is 24.3 Å². The number of benzene rings is 2. The molecule has 0 radical (unpaired) electrons. The Hall–Kier alpha value is -3.26. The Morgan fingerprint density at radius 2 is 1.89 bits per heavy atom. The molecule has 3 aromatic rings. The van der Waals surface area contributed by atoms with Gasteiger partial charge in [-0.05, 0) is 36.4 Å². The maximum atomic E-state index is 13.8. The summed E-state index contributed by atoms with van der Waals surface area (Å²) in [6.07, 6.45) is 0.